The second kappa shape index (κ2) is 10.1. The van der Waals surface area contributed by atoms with Crippen LogP contribution in [0.15, 0.2) is 84.9 Å². The van der Waals surface area contributed by atoms with Gasteiger partial charge >= 0.3 is 0 Å². The van der Waals surface area contributed by atoms with Gasteiger partial charge in [0.05, 0.1) is 0 Å². The van der Waals surface area contributed by atoms with Gasteiger partial charge in [-0.15, -0.1) is 0 Å². The van der Waals surface area contributed by atoms with E-state index in [2.05, 4.69) is 140 Å². The fraction of sp³-hybridized carbons (Fsp3) is 0.211. The maximum Gasteiger partial charge on any atom is -0.00986 e. The zero-order valence-electron chi connectivity index (χ0n) is 24.1. The van der Waals surface area contributed by atoms with Gasteiger partial charge in [0.25, 0.3) is 0 Å². The minimum atomic E-state index is 1.27. The van der Waals surface area contributed by atoms with Gasteiger partial charge in [0, 0.05) is 0 Å². The van der Waals surface area contributed by atoms with E-state index in [1.807, 2.05) is 0 Å². The van der Waals surface area contributed by atoms with Gasteiger partial charge in [-0.3, -0.25) is 0 Å². The predicted octanol–water partition coefficient (Wildman–Crippen LogP) is 10.8. The molecule has 190 valence electrons. The Labute approximate surface area is 229 Å². The van der Waals surface area contributed by atoms with E-state index in [1.54, 1.807) is 0 Å². The van der Waals surface area contributed by atoms with Gasteiger partial charge in [-0.2, -0.15) is 0 Å². The maximum atomic E-state index is 2.45. The molecule has 0 unspecified atom stereocenters. The van der Waals surface area contributed by atoms with Crippen LogP contribution in [0.2, 0.25) is 0 Å². The van der Waals surface area contributed by atoms with E-state index in [-0.39, 0.29) is 0 Å². The lowest BCUT2D eigenvalue weighted by Gasteiger charge is -2.20. The molecule has 0 N–H and O–H groups in total. The first kappa shape index (κ1) is 25.7. The van der Waals surface area contributed by atoms with E-state index >= 15 is 0 Å². The molecular weight excluding hydrogens is 456 g/mol. The molecule has 0 amide bonds. The molecule has 0 fully saturated rings. The fourth-order valence-corrected chi connectivity index (χ4v) is 6.08. The zero-order valence-corrected chi connectivity index (χ0v) is 24.1. The fourth-order valence-electron chi connectivity index (χ4n) is 6.08. The summed E-state index contributed by atoms with van der Waals surface area (Å²) in [6.07, 6.45) is 0. The largest absolute Gasteiger partial charge is 0.0563 e. The molecule has 0 bridgehead atoms. The van der Waals surface area contributed by atoms with Gasteiger partial charge in [0.2, 0.25) is 0 Å². The third-order valence-corrected chi connectivity index (χ3v) is 7.29. The van der Waals surface area contributed by atoms with Crippen LogP contribution in [0.25, 0.3) is 44.5 Å². The Balaban J connectivity index is 1.93. The van der Waals surface area contributed by atoms with Gasteiger partial charge in [0.1, 0.15) is 0 Å². The van der Waals surface area contributed by atoms with Crippen LogP contribution in [0.1, 0.15) is 44.5 Å². The molecular formula is C38H38. The number of aryl methyl sites for hydroxylation is 8. The molecule has 0 atom stereocenters. The topological polar surface area (TPSA) is 0 Å². The van der Waals surface area contributed by atoms with Crippen molar-refractivity contribution >= 4 is 0 Å². The van der Waals surface area contributed by atoms with Crippen LogP contribution < -0.4 is 0 Å². The van der Waals surface area contributed by atoms with E-state index < -0.39 is 0 Å². The van der Waals surface area contributed by atoms with Crippen LogP contribution in [0, 0.1) is 55.4 Å². The lowest BCUT2D eigenvalue weighted by atomic mass is 9.83. The second-order valence-electron chi connectivity index (χ2n) is 11.4. The van der Waals surface area contributed by atoms with E-state index in [4.69, 9.17) is 0 Å². The van der Waals surface area contributed by atoms with Crippen molar-refractivity contribution in [3.8, 4) is 44.5 Å². The normalized spacial score (nSPS) is 11.2. The molecule has 0 aromatic heterocycles. The third-order valence-electron chi connectivity index (χ3n) is 7.29. The van der Waals surface area contributed by atoms with Crippen LogP contribution >= 0.6 is 0 Å². The van der Waals surface area contributed by atoms with Gasteiger partial charge in [-0.1, -0.05) is 117 Å². The van der Waals surface area contributed by atoms with E-state index in [1.165, 1.54) is 89.0 Å². The smallest absolute Gasteiger partial charge is 0.00986 e. The SMILES string of the molecule is Cc1cc(C)cc(-c2cc(-c3cc(C)cc(C)c3)c(-c3cc(C)cc(C)c3)cc2-c2cc(C)cc(C)c2)c1. The summed E-state index contributed by atoms with van der Waals surface area (Å²) in [5.74, 6) is 0. The molecule has 0 aliphatic carbocycles. The summed E-state index contributed by atoms with van der Waals surface area (Å²) < 4.78 is 0. The van der Waals surface area contributed by atoms with Crippen LogP contribution in [0.3, 0.4) is 0 Å². The third kappa shape index (κ3) is 5.36. The Kier molecular flexibility index (Phi) is 6.84. The average Bonchev–Trinajstić information content (AvgIpc) is 2.81. The second-order valence-corrected chi connectivity index (χ2v) is 11.4. The van der Waals surface area contributed by atoms with Crippen LogP contribution in [0.5, 0.6) is 0 Å². The highest BCUT2D eigenvalue weighted by Crippen LogP contribution is 2.43. The van der Waals surface area contributed by atoms with Crippen molar-refractivity contribution in [3.63, 3.8) is 0 Å². The number of benzene rings is 5. The van der Waals surface area contributed by atoms with Crippen molar-refractivity contribution in [2.75, 3.05) is 0 Å². The lowest BCUT2D eigenvalue weighted by molar-refractivity contribution is 1.36. The van der Waals surface area contributed by atoms with Gasteiger partial charge in [-0.25, -0.2) is 0 Å². The van der Waals surface area contributed by atoms with Gasteiger partial charge in [0.15, 0.2) is 0 Å². The van der Waals surface area contributed by atoms with Crippen LogP contribution in [-0.2, 0) is 0 Å². The van der Waals surface area contributed by atoms with Crippen molar-refractivity contribution in [1.82, 2.24) is 0 Å². The average molecular weight is 495 g/mol. The molecule has 0 aliphatic rings. The van der Waals surface area contributed by atoms with E-state index in [0.29, 0.717) is 0 Å². The summed E-state index contributed by atoms with van der Waals surface area (Å²) in [5.41, 5.74) is 20.5. The number of hydrogen-bond donors (Lipinski definition) is 0. The summed E-state index contributed by atoms with van der Waals surface area (Å²) in [7, 11) is 0. The Bertz CT molecular complexity index is 1350. The Morgan fingerprint density at radius 1 is 0.211 bits per heavy atom. The summed E-state index contributed by atoms with van der Waals surface area (Å²) in [4.78, 5) is 0. The van der Waals surface area contributed by atoms with Crippen molar-refractivity contribution in [2.24, 2.45) is 0 Å². The quantitative estimate of drug-likeness (QED) is 0.233. The summed E-state index contributed by atoms with van der Waals surface area (Å²) in [5, 5.41) is 0. The number of hydrogen-bond acceptors (Lipinski definition) is 0. The van der Waals surface area contributed by atoms with Crippen molar-refractivity contribution < 1.29 is 0 Å². The summed E-state index contributed by atoms with van der Waals surface area (Å²) in [6.45, 7) is 17.6. The minimum absolute atomic E-state index is 1.27. The maximum absolute atomic E-state index is 2.45. The first-order valence-corrected chi connectivity index (χ1v) is 13.6. The first-order chi connectivity index (χ1) is 18.0. The van der Waals surface area contributed by atoms with E-state index in [9.17, 15) is 0 Å². The first-order valence-electron chi connectivity index (χ1n) is 13.6. The van der Waals surface area contributed by atoms with Crippen molar-refractivity contribution in [2.45, 2.75) is 55.4 Å². The Hall–Kier alpha value is -3.90. The Morgan fingerprint density at radius 3 is 0.526 bits per heavy atom. The lowest BCUT2D eigenvalue weighted by Crippen LogP contribution is -1.95. The molecule has 5 aromatic carbocycles. The van der Waals surface area contributed by atoms with E-state index in [0.717, 1.165) is 0 Å². The molecule has 0 radical (unpaired) electrons. The monoisotopic (exact) mass is 494 g/mol. The van der Waals surface area contributed by atoms with Crippen molar-refractivity contribution in [1.29, 1.82) is 0 Å². The minimum Gasteiger partial charge on any atom is -0.0563 e. The number of rotatable bonds is 4. The molecule has 0 heterocycles. The molecule has 0 nitrogen and oxygen atoms in total. The highest BCUT2D eigenvalue weighted by Gasteiger charge is 2.18. The standard InChI is InChI=1S/C38H38/c1-23-9-24(2)14-31(13-23)35-21-37(33-17-27(5)11-28(6)18-33)38(34-19-29(7)12-30(8)20-34)22-36(35)32-15-25(3)10-26(4)16-32/h9-22H,1-8H3. The molecule has 0 aliphatic heterocycles. The molecule has 0 saturated heterocycles. The Morgan fingerprint density at radius 2 is 0.368 bits per heavy atom. The molecule has 5 aromatic rings. The van der Waals surface area contributed by atoms with Gasteiger partial charge < -0.3 is 0 Å². The van der Waals surface area contributed by atoms with Crippen molar-refractivity contribution in [3.05, 3.63) is 129 Å². The van der Waals surface area contributed by atoms with Crippen LogP contribution in [0.4, 0.5) is 0 Å². The van der Waals surface area contributed by atoms with Crippen LogP contribution in [-0.4, -0.2) is 0 Å². The summed E-state index contributed by atoms with van der Waals surface area (Å²) in [6, 6.07) is 32.6. The molecule has 5 rings (SSSR count). The molecule has 0 spiro atoms. The zero-order chi connectivity index (χ0) is 27.1. The highest BCUT2D eigenvalue weighted by atomic mass is 14.2. The summed E-state index contributed by atoms with van der Waals surface area (Å²) >= 11 is 0. The molecule has 0 saturated carbocycles. The van der Waals surface area contributed by atoms with Gasteiger partial charge in [-0.05, 0) is 112 Å². The highest BCUT2D eigenvalue weighted by molar-refractivity contribution is 5.95. The molecule has 0 heteroatoms. The molecule has 38 heavy (non-hydrogen) atoms. The predicted molar refractivity (Wildman–Crippen MR) is 166 cm³/mol.